The number of hydrogen-bond donors (Lipinski definition) is 0. The molecular weight excluding hydrogens is 232 g/mol. The highest BCUT2D eigenvalue weighted by Gasteiger charge is 2.00. The SMILES string of the molecule is Cc1ccccc1CC[SiH2]Cc1ccccc1C. The summed E-state index contributed by atoms with van der Waals surface area (Å²) in [7, 11) is 0.0318. The first-order chi connectivity index (χ1) is 8.77. The highest BCUT2D eigenvalue weighted by Crippen LogP contribution is 2.11. The lowest BCUT2D eigenvalue weighted by Crippen LogP contribution is -2.01. The molecule has 0 spiro atoms. The molecule has 0 aromatic heterocycles. The van der Waals surface area contributed by atoms with Crippen molar-refractivity contribution < 1.29 is 0 Å². The molecule has 0 N–H and O–H groups in total. The second kappa shape index (κ2) is 6.55. The van der Waals surface area contributed by atoms with E-state index in [-0.39, 0.29) is 9.52 Å². The molecule has 2 rings (SSSR count). The molecule has 0 atom stereocenters. The Morgan fingerprint density at radius 1 is 0.778 bits per heavy atom. The van der Waals surface area contributed by atoms with E-state index in [1.54, 1.807) is 5.56 Å². The molecule has 0 radical (unpaired) electrons. The van der Waals surface area contributed by atoms with E-state index in [9.17, 15) is 0 Å². The van der Waals surface area contributed by atoms with E-state index in [1.165, 1.54) is 35.2 Å². The maximum atomic E-state index is 2.29. The fourth-order valence-corrected chi connectivity index (χ4v) is 4.23. The lowest BCUT2D eigenvalue weighted by atomic mass is 10.1. The lowest BCUT2D eigenvalue weighted by Gasteiger charge is -2.06. The Labute approximate surface area is 113 Å². The van der Waals surface area contributed by atoms with Crippen molar-refractivity contribution in [3.05, 3.63) is 70.8 Å². The van der Waals surface area contributed by atoms with Gasteiger partial charge in [0.05, 0.1) is 0 Å². The van der Waals surface area contributed by atoms with Crippen molar-refractivity contribution in [2.24, 2.45) is 0 Å². The summed E-state index contributed by atoms with van der Waals surface area (Å²) in [6, 6.07) is 20.4. The first kappa shape index (κ1) is 13.1. The second-order valence-corrected chi connectivity index (χ2v) is 6.97. The van der Waals surface area contributed by atoms with Gasteiger partial charge in [0.2, 0.25) is 0 Å². The van der Waals surface area contributed by atoms with Crippen molar-refractivity contribution in [2.45, 2.75) is 32.4 Å². The number of benzene rings is 2. The van der Waals surface area contributed by atoms with Crippen LogP contribution in [0.25, 0.3) is 0 Å². The van der Waals surface area contributed by atoms with Gasteiger partial charge in [0, 0.05) is 9.52 Å². The van der Waals surface area contributed by atoms with Crippen molar-refractivity contribution >= 4 is 9.52 Å². The molecule has 0 aliphatic carbocycles. The Hall–Kier alpha value is -1.34. The zero-order valence-corrected chi connectivity index (χ0v) is 12.9. The Balaban J connectivity index is 1.80. The van der Waals surface area contributed by atoms with E-state index in [4.69, 9.17) is 0 Å². The van der Waals surface area contributed by atoms with Gasteiger partial charge in [0.25, 0.3) is 0 Å². The molecule has 1 heteroatoms. The van der Waals surface area contributed by atoms with E-state index in [1.807, 2.05) is 0 Å². The average molecular weight is 254 g/mol. The second-order valence-electron chi connectivity index (χ2n) is 5.06. The topological polar surface area (TPSA) is 0 Å². The van der Waals surface area contributed by atoms with Gasteiger partial charge in [-0.2, -0.15) is 0 Å². The van der Waals surface area contributed by atoms with Gasteiger partial charge in [-0.1, -0.05) is 54.6 Å². The van der Waals surface area contributed by atoms with Gasteiger partial charge in [0.1, 0.15) is 0 Å². The maximum Gasteiger partial charge on any atom is 0.0251 e. The Kier molecular flexibility index (Phi) is 4.77. The van der Waals surface area contributed by atoms with Crippen LogP contribution in [0.1, 0.15) is 22.3 Å². The first-order valence-corrected chi connectivity index (χ1v) is 8.86. The smallest absolute Gasteiger partial charge is 0.0251 e. The molecule has 0 aliphatic heterocycles. The van der Waals surface area contributed by atoms with Crippen LogP contribution in [-0.2, 0) is 12.5 Å². The van der Waals surface area contributed by atoms with Crippen molar-refractivity contribution in [3.63, 3.8) is 0 Å². The standard InChI is InChI=1S/C17H22Si/c1-14-7-3-5-9-16(14)11-12-18-13-17-10-6-4-8-15(17)2/h3-10H,11-13,18H2,1-2H3. The summed E-state index contributed by atoms with van der Waals surface area (Å²) in [5.74, 6) is 0. The van der Waals surface area contributed by atoms with E-state index in [2.05, 4.69) is 62.4 Å². The van der Waals surface area contributed by atoms with E-state index >= 15 is 0 Å². The molecule has 2 aromatic rings. The molecule has 2 aromatic carbocycles. The molecule has 0 unspecified atom stereocenters. The van der Waals surface area contributed by atoms with Crippen LogP contribution in [0.4, 0.5) is 0 Å². The molecule has 94 valence electrons. The number of hydrogen-bond acceptors (Lipinski definition) is 0. The van der Waals surface area contributed by atoms with Crippen LogP contribution in [0.2, 0.25) is 6.04 Å². The monoisotopic (exact) mass is 254 g/mol. The van der Waals surface area contributed by atoms with Gasteiger partial charge in [-0.25, -0.2) is 0 Å². The van der Waals surface area contributed by atoms with Gasteiger partial charge < -0.3 is 0 Å². The van der Waals surface area contributed by atoms with Gasteiger partial charge in [-0.3, -0.25) is 0 Å². The van der Waals surface area contributed by atoms with E-state index in [0.717, 1.165) is 0 Å². The predicted molar refractivity (Wildman–Crippen MR) is 83.1 cm³/mol. The molecule has 0 saturated carbocycles. The van der Waals surface area contributed by atoms with Crippen molar-refractivity contribution in [1.29, 1.82) is 0 Å². The van der Waals surface area contributed by atoms with Crippen molar-refractivity contribution in [2.75, 3.05) is 0 Å². The summed E-state index contributed by atoms with van der Waals surface area (Å²) in [6.45, 7) is 4.45. The van der Waals surface area contributed by atoms with Crippen molar-refractivity contribution in [3.8, 4) is 0 Å². The summed E-state index contributed by atoms with van der Waals surface area (Å²) in [5, 5.41) is 0. The summed E-state index contributed by atoms with van der Waals surface area (Å²) >= 11 is 0. The van der Waals surface area contributed by atoms with Crippen molar-refractivity contribution in [1.82, 2.24) is 0 Å². The molecule has 0 heterocycles. The quantitative estimate of drug-likeness (QED) is 0.564. The Morgan fingerprint density at radius 3 is 1.94 bits per heavy atom. The fourth-order valence-electron chi connectivity index (χ4n) is 2.41. The molecule has 0 fully saturated rings. The van der Waals surface area contributed by atoms with Gasteiger partial charge in [-0.15, -0.1) is 0 Å². The normalized spacial score (nSPS) is 11.2. The van der Waals surface area contributed by atoms with Crippen LogP contribution >= 0.6 is 0 Å². The Bertz CT molecular complexity index is 455. The zero-order chi connectivity index (χ0) is 12.8. The van der Waals surface area contributed by atoms with Gasteiger partial charge in [-0.05, 0) is 48.6 Å². The molecule has 18 heavy (non-hydrogen) atoms. The average Bonchev–Trinajstić information content (AvgIpc) is 2.38. The predicted octanol–water partition coefficient (Wildman–Crippen LogP) is 3.63. The number of aryl methyl sites for hydroxylation is 3. The molecule has 0 bridgehead atoms. The largest absolute Gasteiger partial charge is 0.0620 e. The molecular formula is C17H22Si. The summed E-state index contributed by atoms with van der Waals surface area (Å²) in [4.78, 5) is 0. The van der Waals surface area contributed by atoms with Crippen LogP contribution in [-0.4, -0.2) is 9.52 Å². The molecule has 0 saturated heterocycles. The minimum atomic E-state index is 0.0318. The summed E-state index contributed by atoms with van der Waals surface area (Å²) in [6.07, 6.45) is 1.27. The van der Waals surface area contributed by atoms with Crippen LogP contribution < -0.4 is 0 Å². The number of rotatable bonds is 5. The lowest BCUT2D eigenvalue weighted by molar-refractivity contribution is 1.08. The fraction of sp³-hybridized carbons (Fsp3) is 0.294. The van der Waals surface area contributed by atoms with E-state index < -0.39 is 0 Å². The maximum absolute atomic E-state index is 2.29. The van der Waals surface area contributed by atoms with E-state index in [0.29, 0.717) is 0 Å². The highest BCUT2D eigenvalue weighted by atomic mass is 28.2. The van der Waals surface area contributed by atoms with Crippen LogP contribution in [0, 0.1) is 13.8 Å². The molecule has 0 aliphatic rings. The third kappa shape index (κ3) is 3.57. The van der Waals surface area contributed by atoms with Crippen LogP contribution in [0.3, 0.4) is 0 Å². The van der Waals surface area contributed by atoms with Gasteiger partial charge >= 0.3 is 0 Å². The van der Waals surface area contributed by atoms with Crippen LogP contribution in [0.15, 0.2) is 48.5 Å². The minimum Gasteiger partial charge on any atom is -0.0620 e. The first-order valence-electron chi connectivity index (χ1n) is 6.86. The third-order valence-corrected chi connectivity index (χ3v) is 5.41. The Morgan fingerprint density at radius 2 is 1.33 bits per heavy atom. The summed E-state index contributed by atoms with van der Waals surface area (Å²) in [5.41, 5.74) is 6.01. The third-order valence-electron chi connectivity index (χ3n) is 3.66. The zero-order valence-electron chi connectivity index (χ0n) is 11.4. The minimum absolute atomic E-state index is 0.0318. The summed E-state index contributed by atoms with van der Waals surface area (Å²) < 4.78 is 0. The molecule has 0 amide bonds. The van der Waals surface area contributed by atoms with Gasteiger partial charge in [0.15, 0.2) is 0 Å². The molecule has 0 nitrogen and oxygen atoms in total. The highest BCUT2D eigenvalue weighted by molar-refractivity contribution is 6.35. The van der Waals surface area contributed by atoms with Crippen LogP contribution in [0.5, 0.6) is 0 Å².